The van der Waals surface area contributed by atoms with E-state index in [0.717, 1.165) is 17.4 Å². The third kappa shape index (κ3) is 1.31. The molecule has 3 heteroatoms. The zero-order valence-electron chi connectivity index (χ0n) is 7.13. The Morgan fingerprint density at radius 3 is 2.58 bits per heavy atom. The van der Waals surface area contributed by atoms with Crippen molar-refractivity contribution in [3.8, 4) is 5.75 Å². The highest BCUT2D eigenvalue weighted by atomic mass is 16.6. The second kappa shape index (κ2) is 3.36. The van der Waals surface area contributed by atoms with Crippen molar-refractivity contribution in [2.45, 2.75) is 13.8 Å². The maximum atomic E-state index is 10.5. The number of rotatable bonds is 2. The van der Waals surface area contributed by atoms with Crippen LogP contribution in [-0.2, 0) is 0 Å². The zero-order valence-corrected chi connectivity index (χ0v) is 7.13. The van der Waals surface area contributed by atoms with E-state index in [1.807, 2.05) is 19.9 Å². The van der Waals surface area contributed by atoms with E-state index in [4.69, 9.17) is 5.90 Å². The molecule has 1 rings (SSSR count). The Balaban J connectivity index is 3.35. The number of carbonyl (C=O) groups is 1. The number of nitrogens with two attached hydrogens (primary N) is 1. The van der Waals surface area contributed by atoms with Gasteiger partial charge in [0.1, 0.15) is 0 Å². The second-order valence-corrected chi connectivity index (χ2v) is 2.66. The first kappa shape index (κ1) is 8.74. The Hall–Kier alpha value is -1.35. The average Bonchev–Trinajstić information content (AvgIpc) is 2.09. The fourth-order valence-electron chi connectivity index (χ4n) is 1.06. The van der Waals surface area contributed by atoms with Gasteiger partial charge >= 0.3 is 0 Å². The van der Waals surface area contributed by atoms with Gasteiger partial charge in [-0.1, -0.05) is 6.07 Å². The minimum absolute atomic E-state index is 0.463. The van der Waals surface area contributed by atoms with E-state index in [9.17, 15) is 4.79 Å². The third-order valence-electron chi connectivity index (χ3n) is 1.95. The fourth-order valence-corrected chi connectivity index (χ4v) is 1.06. The number of aldehydes is 1. The van der Waals surface area contributed by atoms with Crippen LogP contribution in [0.25, 0.3) is 0 Å². The largest absolute Gasteiger partial charge is 0.410 e. The van der Waals surface area contributed by atoms with Gasteiger partial charge in [-0.3, -0.25) is 4.79 Å². The normalized spacial score (nSPS) is 9.58. The van der Waals surface area contributed by atoms with Crippen LogP contribution in [0.15, 0.2) is 12.1 Å². The van der Waals surface area contributed by atoms with Gasteiger partial charge in [-0.15, -0.1) is 0 Å². The van der Waals surface area contributed by atoms with E-state index >= 15 is 0 Å². The smallest absolute Gasteiger partial charge is 0.160 e. The van der Waals surface area contributed by atoms with Crippen LogP contribution < -0.4 is 10.7 Å². The van der Waals surface area contributed by atoms with Crippen molar-refractivity contribution in [3.05, 3.63) is 28.8 Å². The Bertz CT molecular complexity index is 308. The summed E-state index contributed by atoms with van der Waals surface area (Å²) in [6.45, 7) is 3.80. The highest BCUT2D eigenvalue weighted by Crippen LogP contribution is 2.23. The number of hydrogen-bond donors (Lipinski definition) is 1. The summed E-state index contributed by atoms with van der Waals surface area (Å²) in [7, 11) is 0. The molecule has 64 valence electrons. The van der Waals surface area contributed by atoms with Gasteiger partial charge < -0.3 is 4.84 Å². The van der Waals surface area contributed by atoms with E-state index in [1.165, 1.54) is 0 Å². The number of aryl methyl sites for hydroxylation is 1. The first-order chi connectivity index (χ1) is 5.70. The first-order valence-corrected chi connectivity index (χ1v) is 3.62. The molecule has 3 nitrogen and oxygen atoms in total. The zero-order chi connectivity index (χ0) is 9.14. The summed E-state index contributed by atoms with van der Waals surface area (Å²) in [5.74, 6) is 5.50. The van der Waals surface area contributed by atoms with Crippen LogP contribution in [0.4, 0.5) is 0 Å². The van der Waals surface area contributed by atoms with Gasteiger partial charge in [0.05, 0.1) is 5.56 Å². The Kier molecular flexibility index (Phi) is 2.45. The molecule has 0 aliphatic heterocycles. The van der Waals surface area contributed by atoms with Crippen molar-refractivity contribution in [1.82, 2.24) is 0 Å². The molecule has 2 N–H and O–H groups in total. The molecule has 1 aromatic carbocycles. The molecule has 0 aliphatic carbocycles. The SMILES string of the molecule is Cc1ccc(C=O)c(ON)c1C. The summed E-state index contributed by atoms with van der Waals surface area (Å²) >= 11 is 0. The van der Waals surface area contributed by atoms with E-state index in [2.05, 4.69) is 4.84 Å². The first-order valence-electron chi connectivity index (χ1n) is 3.62. The Morgan fingerprint density at radius 2 is 2.08 bits per heavy atom. The van der Waals surface area contributed by atoms with Gasteiger partial charge in [-0.2, -0.15) is 5.90 Å². The van der Waals surface area contributed by atoms with Gasteiger partial charge in [-0.25, -0.2) is 0 Å². The highest BCUT2D eigenvalue weighted by Gasteiger charge is 2.07. The van der Waals surface area contributed by atoms with Crippen molar-refractivity contribution in [2.24, 2.45) is 5.90 Å². The van der Waals surface area contributed by atoms with Gasteiger partial charge in [0.2, 0.25) is 0 Å². The molecule has 0 heterocycles. The molecule has 0 saturated carbocycles. The molecular formula is C9H11NO2. The number of hydrogen-bond acceptors (Lipinski definition) is 3. The second-order valence-electron chi connectivity index (χ2n) is 2.66. The van der Waals surface area contributed by atoms with Crippen molar-refractivity contribution in [3.63, 3.8) is 0 Å². The lowest BCUT2D eigenvalue weighted by Crippen LogP contribution is -2.06. The lowest BCUT2D eigenvalue weighted by molar-refractivity contribution is 0.111. The summed E-state index contributed by atoms with van der Waals surface area (Å²) in [5, 5.41) is 0. The lowest BCUT2D eigenvalue weighted by atomic mass is 10.1. The van der Waals surface area contributed by atoms with Crippen LogP contribution in [0.2, 0.25) is 0 Å². The molecule has 0 atom stereocenters. The van der Waals surface area contributed by atoms with Gasteiger partial charge in [-0.05, 0) is 31.0 Å². The molecule has 12 heavy (non-hydrogen) atoms. The topological polar surface area (TPSA) is 52.3 Å². The van der Waals surface area contributed by atoms with Crippen LogP contribution in [0.5, 0.6) is 5.75 Å². The molecule has 0 fully saturated rings. The Labute approximate surface area is 71.1 Å². The summed E-state index contributed by atoms with van der Waals surface area (Å²) in [5.41, 5.74) is 2.45. The van der Waals surface area contributed by atoms with Crippen molar-refractivity contribution >= 4 is 6.29 Å². The summed E-state index contributed by atoms with van der Waals surface area (Å²) in [6, 6.07) is 3.55. The lowest BCUT2D eigenvalue weighted by Gasteiger charge is -2.07. The predicted molar refractivity (Wildman–Crippen MR) is 46.1 cm³/mol. The van der Waals surface area contributed by atoms with Crippen LogP contribution in [0, 0.1) is 13.8 Å². The van der Waals surface area contributed by atoms with E-state index in [0.29, 0.717) is 11.3 Å². The molecule has 0 saturated heterocycles. The van der Waals surface area contributed by atoms with E-state index in [1.54, 1.807) is 6.07 Å². The van der Waals surface area contributed by atoms with E-state index < -0.39 is 0 Å². The maximum Gasteiger partial charge on any atom is 0.160 e. The quantitative estimate of drug-likeness (QED) is 0.532. The van der Waals surface area contributed by atoms with Crippen molar-refractivity contribution < 1.29 is 9.63 Å². The van der Waals surface area contributed by atoms with Crippen LogP contribution in [-0.4, -0.2) is 6.29 Å². The monoisotopic (exact) mass is 165 g/mol. The molecular weight excluding hydrogens is 154 g/mol. The fraction of sp³-hybridized carbons (Fsp3) is 0.222. The predicted octanol–water partition coefficient (Wildman–Crippen LogP) is 1.37. The van der Waals surface area contributed by atoms with Gasteiger partial charge in [0.25, 0.3) is 0 Å². The molecule has 0 spiro atoms. The maximum absolute atomic E-state index is 10.5. The van der Waals surface area contributed by atoms with Crippen molar-refractivity contribution in [1.29, 1.82) is 0 Å². The van der Waals surface area contributed by atoms with Crippen LogP contribution >= 0.6 is 0 Å². The summed E-state index contributed by atoms with van der Waals surface area (Å²) in [6.07, 6.45) is 0.731. The van der Waals surface area contributed by atoms with Gasteiger partial charge in [0.15, 0.2) is 12.0 Å². The van der Waals surface area contributed by atoms with Crippen LogP contribution in [0.3, 0.4) is 0 Å². The van der Waals surface area contributed by atoms with E-state index in [-0.39, 0.29) is 0 Å². The standard InChI is InChI=1S/C9H11NO2/c1-6-3-4-8(5-11)9(12-10)7(6)2/h3-5H,10H2,1-2H3. The summed E-state index contributed by atoms with van der Waals surface area (Å²) < 4.78 is 0. The molecule has 0 radical (unpaired) electrons. The van der Waals surface area contributed by atoms with Gasteiger partial charge in [0, 0.05) is 0 Å². The third-order valence-corrected chi connectivity index (χ3v) is 1.95. The summed E-state index contributed by atoms with van der Waals surface area (Å²) in [4.78, 5) is 15.1. The molecule has 0 unspecified atom stereocenters. The van der Waals surface area contributed by atoms with Crippen LogP contribution in [0.1, 0.15) is 21.5 Å². The Morgan fingerprint density at radius 1 is 1.42 bits per heavy atom. The highest BCUT2D eigenvalue weighted by molar-refractivity contribution is 5.80. The number of benzene rings is 1. The molecule has 0 bridgehead atoms. The molecule has 0 aromatic heterocycles. The number of carbonyl (C=O) groups excluding carboxylic acids is 1. The van der Waals surface area contributed by atoms with Crippen molar-refractivity contribution in [2.75, 3.05) is 0 Å². The minimum Gasteiger partial charge on any atom is -0.410 e. The average molecular weight is 165 g/mol. The molecule has 0 aliphatic rings. The molecule has 0 amide bonds. The minimum atomic E-state index is 0.463. The molecule has 1 aromatic rings.